The maximum Gasteiger partial charge on any atom is 0.0496 e. The molecule has 0 aromatic heterocycles. The summed E-state index contributed by atoms with van der Waals surface area (Å²) in [5, 5.41) is 0. The van der Waals surface area contributed by atoms with E-state index in [0.717, 1.165) is 31.0 Å². The molecule has 0 aromatic carbocycles. The molecule has 1 heteroatoms. The first kappa shape index (κ1) is 16.0. The summed E-state index contributed by atoms with van der Waals surface area (Å²) in [6.45, 7) is 14.0. The number of ether oxygens (including phenoxy) is 1. The summed E-state index contributed by atoms with van der Waals surface area (Å²) in [7, 11) is 0. The van der Waals surface area contributed by atoms with Gasteiger partial charge in [0, 0.05) is 13.2 Å². The van der Waals surface area contributed by atoms with Crippen molar-refractivity contribution < 1.29 is 4.74 Å². The fourth-order valence-electron chi connectivity index (χ4n) is 3.73. The van der Waals surface area contributed by atoms with Crippen LogP contribution in [-0.4, -0.2) is 13.2 Å². The van der Waals surface area contributed by atoms with Crippen molar-refractivity contribution in [2.45, 2.75) is 73.1 Å². The van der Waals surface area contributed by atoms with Gasteiger partial charge in [-0.2, -0.15) is 0 Å². The first-order chi connectivity index (χ1) is 8.57. The molecular weight excluding hydrogens is 220 g/mol. The highest BCUT2D eigenvalue weighted by molar-refractivity contribution is 4.82. The molecule has 0 saturated carbocycles. The average Bonchev–Trinajstić information content (AvgIpc) is 2.39. The van der Waals surface area contributed by atoms with E-state index in [4.69, 9.17) is 4.74 Å². The first-order valence-corrected chi connectivity index (χ1v) is 8.15. The molecule has 3 atom stereocenters. The lowest BCUT2D eigenvalue weighted by Crippen LogP contribution is -2.30. The molecule has 108 valence electrons. The molecule has 1 aliphatic rings. The quantitative estimate of drug-likeness (QED) is 0.599. The lowest BCUT2D eigenvalue weighted by atomic mass is 9.68. The van der Waals surface area contributed by atoms with Crippen LogP contribution in [0.1, 0.15) is 73.1 Å². The molecule has 3 unspecified atom stereocenters. The highest BCUT2D eigenvalue weighted by Gasteiger charge is 2.32. The van der Waals surface area contributed by atoms with Crippen LogP contribution in [0.2, 0.25) is 0 Å². The maximum absolute atomic E-state index is 5.66. The Bertz CT molecular complexity index is 222. The number of hydrogen-bond donors (Lipinski definition) is 0. The predicted molar refractivity (Wildman–Crippen MR) is 79.8 cm³/mol. The van der Waals surface area contributed by atoms with Crippen LogP contribution in [-0.2, 0) is 4.74 Å². The van der Waals surface area contributed by atoms with Crippen molar-refractivity contribution in [3.63, 3.8) is 0 Å². The molecule has 1 saturated heterocycles. The zero-order valence-corrected chi connectivity index (χ0v) is 13.3. The molecule has 0 spiro atoms. The molecule has 1 rings (SSSR count). The van der Waals surface area contributed by atoms with Crippen LogP contribution in [0.15, 0.2) is 0 Å². The summed E-state index contributed by atoms with van der Waals surface area (Å²) in [5.41, 5.74) is 0.542. The third-order valence-corrected chi connectivity index (χ3v) is 5.72. The fourth-order valence-corrected chi connectivity index (χ4v) is 3.73. The molecule has 0 bridgehead atoms. The van der Waals surface area contributed by atoms with Gasteiger partial charge in [-0.25, -0.2) is 0 Å². The van der Waals surface area contributed by atoms with Crippen molar-refractivity contribution in [1.82, 2.24) is 0 Å². The molecule has 1 fully saturated rings. The van der Waals surface area contributed by atoms with Gasteiger partial charge in [0.05, 0.1) is 0 Å². The Hall–Kier alpha value is -0.0400. The normalized spacial score (nSPS) is 28.3. The highest BCUT2D eigenvalue weighted by Crippen LogP contribution is 2.42. The van der Waals surface area contributed by atoms with Gasteiger partial charge in [0.15, 0.2) is 0 Å². The van der Waals surface area contributed by atoms with Gasteiger partial charge in [0.1, 0.15) is 0 Å². The molecule has 0 aliphatic carbocycles. The van der Waals surface area contributed by atoms with E-state index in [2.05, 4.69) is 34.6 Å². The van der Waals surface area contributed by atoms with Crippen LogP contribution in [0.25, 0.3) is 0 Å². The summed E-state index contributed by atoms with van der Waals surface area (Å²) in [6.07, 6.45) is 7.99. The van der Waals surface area contributed by atoms with E-state index in [0.29, 0.717) is 5.41 Å². The lowest BCUT2D eigenvalue weighted by Gasteiger charge is -2.39. The van der Waals surface area contributed by atoms with E-state index in [1.165, 1.54) is 38.5 Å². The van der Waals surface area contributed by atoms with Crippen molar-refractivity contribution in [2.75, 3.05) is 13.2 Å². The second kappa shape index (κ2) is 7.53. The van der Waals surface area contributed by atoms with Gasteiger partial charge < -0.3 is 4.74 Å². The van der Waals surface area contributed by atoms with Crippen molar-refractivity contribution in [3.05, 3.63) is 0 Å². The summed E-state index contributed by atoms with van der Waals surface area (Å²) in [5.74, 6) is 2.56. The van der Waals surface area contributed by atoms with Crippen LogP contribution in [0.5, 0.6) is 0 Å². The minimum Gasteiger partial charge on any atom is -0.381 e. The molecule has 0 N–H and O–H groups in total. The Balaban J connectivity index is 2.51. The van der Waals surface area contributed by atoms with E-state index in [9.17, 15) is 0 Å². The molecule has 0 radical (unpaired) electrons. The molecule has 1 heterocycles. The van der Waals surface area contributed by atoms with E-state index in [1.807, 2.05) is 0 Å². The molecule has 18 heavy (non-hydrogen) atoms. The smallest absolute Gasteiger partial charge is 0.0496 e. The average molecular weight is 254 g/mol. The minimum absolute atomic E-state index is 0.542. The van der Waals surface area contributed by atoms with Crippen LogP contribution >= 0.6 is 0 Å². The van der Waals surface area contributed by atoms with Crippen molar-refractivity contribution in [3.8, 4) is 0 Å². The highest BCUT2D eigenvalue weighted by atomic mass is 16.5. The van der Waals surface area contributed by atoms with Crippen LogP contribution in [0.3, 0.4) is 0 Å². The summed E-state index contributed by atoms with van der Waals surface area (Å²) in [6, 6.07) is 0. The van der Waals surface area contributed by atoms with Gasteiger partial charge >= 0.3 is 0 Å². The fraction of sp³-hybridized carbons (Fsp3) is 1.00. The number of hydrogen-bond acceptors (Lipinski definition) is 1. The van der Waals surface area contributed by atoms with Crippen molar-refractivity contribution >= 4 is 0 Å². The van der Waals surface area contributed by atoms with E-state index in [-0.39, 0.29) is 0 Å². The Morgan fingerprint density at radius 2 is 1.89 bits per heavy atom. The predicted octanol–water partition coefficient (Wildman–Crippen LogP) is 5.29. The van der Waals surface area contributed by atoms with Gasteiger partial charge in [0.25, 0.3) is 0 Å². The van der Waals surface area contributed by atoms with Gasteiger partial charge in [-0.1, -0.05) is 53.9 Å². The molecular formula is C17H34O. The van der Waals surface area contributed by atoms with Crippen LogP contribution in [0, 0.1) is 23.2 Å². The van der Waals surface area contributed by atoms with Crippen molar-refractivity contribution in [2.24, 2.45) is 23.2 Å². The second-order valence-electron chi connectivity index (χ2n) is 6.66. The molecule has 1 aliphatic heterocycles. The van der Waals surface area contributed by atoms with Gasteiger partial charge in [-0.05, 0) is 42.4 Å². The third-order valence-electron chi connectivity index (χ3n) is 5.72. The number of rotatable bonds is 7. The Morgan fingerprint density at radius 1 is 1.22 bits per heavy atom. The Kier molecular flexibility index (Phi) is 6.70. The van der Waals surface area contributed by atoms with E-state index < -0.39 is 0 Å². The molecule has 0 amide bonds. The zero-order chi connectivity index (χ0) is 13.6. The summed E-state index contributed by atoms with van der Waals surface area (Å²) >= 11 is 0. The van der Waals surface area contributed by atoms with Gasteiger partial charge in [-0.3, -0.25) is 0 Å². The third kappa shape index (κ3) is 3.98. The molecule has 1 nitrogen and oxygen atoms in total. The largest absolute Gasteiger partial charge is 0.381 e. The standard InChI is InChI=1S/C17H34O/c1-6-16(7-2)17(5,8-3)11-9-15-13-18-12-10-14(15)4/h14-16H,6-13H2,1-5H3. The molecule has 0 aromatic rings. The Morgan fingerprint density at radius 3 is 2.39 bits per heavy atom. The van der Waals surface area contributed by atoms with Gasteiger partial charge in [-0.15, -0.1) is 0 Å². The second-order valence-corrected chi connectivity index (χ2v) is 6.66. The van der Waals surface area contributed by atoms with E-state index >= 15 is 0 Å². The zero-order valence-electron chi connectivity index (χ0n) is 13.3. The van der Waals surface area contributed by atoms with Crippen LogP contribution in [0.4, 0.5) is 0 Å². The Labute approximate surface area is 115 Å². The van der Waals surface area contributed by atoms with E-state index in [1.54, 1.807) is 0 Å². The summed E-state index contributed by atoms with van der Waals surface area (Å²) < 4.78 is 5.66. The first-order valence-electron chi connectivity index (χ1n) is 8.15. The SMILES string of the molecule is CCC(CC)C(C)(CC)CCC1COCCC1C. The van der Waals surface area contributed by atoms with Crippen molar-refractivity contribution in [1.29, 1.82) is 0 Å². The maximum atomic E-state index is 5.66. The monoisotopic (exact) mass is 254 g/mol. The van der Waals surface area contributed by atoms with Crippen LogP contribution < -0.4 is 0 Å². The lowest BCUT2D eigenvalue weighted by molar-refractivity contribution is 0.00963. The van der Waals surface area contributed by atoms with Gasteiger partial charge in [0.2, 0.25) is 0 Å². The summed E-state index contributed by atoms with van der Waals surface area (Å²) in [4.78, 5) is 0. The topological polar surface area (TPSA) is 9.23 Å². The minimum atomic E-state index is 0.542.